The van der Waals surface area contributed by atoms with E-state index < -0.39 is 0 Å². The molecule has 0 fully saturated rings. The molecule has 0 aromatic carbocycles. The van der Waals surface area contributed by atoms with Gasteiger partial charge in [-0.3, -0.25) is 0 Å². The number of hydrogen-bond donors (Lipinski definition) is 2. The predicted octanol–water partition coefficient (Wildman–Crippen LogP) is 2.01. The topological polar surface area (TPSA) is 45.2 Å². The molecule has 78 valence electrons. The van der Waals surface area contributed by atoms with E-state index >= 15 is 0 Å². The lowest BCUT2D eigenvalue weighted by Gasteiger charge is -2.12. The van der Waals surface area contributed by atoms with E-state index in [1.165, 1.54) is 0 Å². The van der Waals surface area contributed by atoms with Crippen molar-refractivity contribution < 1.29 is 5.11 Å². The van der Waals surface area contributed by atoms with Gasteiger partial charge in [-0.25, -0.2) is 4.98 Å². The number of rotatable bonds is 4. The molecule has 0 radical (unpaired) electrons. The minimum absolute atomic E-state index is 0.0468. The standard InChI is InChI=1S/C11H18N2O/c1-4-5-12-11-10(7-14)8(2)6-9(3)13-11/h6,14H,4-5,7H2,1-3H3,(H,12,13). The second-order valence-electron chi connectivity index (χ2n) is 3.49. The Kier molecular flexibility index (Phi) is 3.89. The second kappa shape index (κ2) is 4.96. The van der Waals surface area contributed by atoms with Gasteiger partial charge in [-0.15, -0.1) is 0 Å². The number of nitrogens with one attached hydrogen (secondary N) is 1. The Balaban J connectivity index is 2.99. The van der Waals surface area contributed by atoms with Gasteiger partial charge in [-0.05, 0) is 31.9 Å². The SMILES string of the molecule is CCCNc1nc(C)cc(C)c1CO. The fourth-order valence-electron chi connectivity index (χ4n) is 1.45. The first-order chi connectivity index (χ1) is 6.69. The number of aliphatic hydroxyl groups is 1. The summed E-state index contributed by atoms with van der Waals surface area (Å²) >= 11 is 0. The molecule has 1 rings (SSSR count). The van der Waals surface area contributed by atoms with Crippen molar-refractivity contribution in [2.24, 2.45) is 0 Å². The molecular formula is C11H18N2O. The number of hydrogen-bond acceptors (Lipinski definition) is 3. The molecule has 0 aliphatic carbocycles. The summed E-state index contributed by atoms with van der Waals surface area (Å²) in [6.07, 6.45) is 1.06. The van der Waals surface area contributed by atoms with Crippen molar-refractivity contribution in [1.29, 1.82) is 0 Å². The van der Waals surface area contributed by atoms with Crippen LogP contribution in [-0.4, -0.2) is 16.6 Å². The molecule has 0 bridgehead atoms. The smallest absolute Gasteiger partial charge is 0.132 e. The Hall–Kier alpha value is -1.09. The van der Waals surface area contributed by atoms with Gasteiger partial charge in [0.05, 0.1) is 6.61 Å². The molecule has 1 aromatic heterocycles. The van der Waals surface area contributed by atoms with Crippen LogP contribution in [0.4, 0.5) is 5.82 Å². The van der Waals surface area contributed by atoms with Crippen LogP contribution >= 0.6 is 0 Å². The Morgan fingerprint density at radius 3 is 2.71 bits per heavy atom. The van der Waals surface area contributed by atoms with Crippen molar-refractivity contribution in [3.63, 3.8) is 0 Å². The maximum atomic E-state index is 9.21. The van der Waals surface area contributed by atoms with Crippen LogP contribution < -0.4 is 5.32 Å². The molecule has 0 saturated heterocycles. The molecule has 0 aliphatic heterocycles. The normalized spacial score (nSPS) is 10.3. The monoisotopic (exact) mass is 194 g/mol. The quantitative estimate of drug-likeness (QED) is 0.770. The highest BCUT2D eigenvalue weighted by molar-refractivity contribution is 5.48. The zero-order valence-corrected chi connectivity index (χ0v) is 9.09. The lowest BCUT2D eigenvalue weighted by molar-refractivity contribution is 0.281. The highest BCUT2D eigenvalue weighted by atomic mass is 16.3. The summed E-state index contributed by atoms with van der Waals surface area (Å²) in [6.45, 7) is 7.00. The number of aryl methyl sites for hydroxylation is 2. The molecule has 0 unspecified atom stereocenters. The third kappa shape index (κ3) is 2.45. The first-order valence-electron chi connectivity index (χ1n) is 5.01. The number of aliphatic hydroxyl groups excluding tert-OH is 1. The van der Waals surface area contributed by atoms with Crippen molar-refractivity contribution in [2.75, 3.05) is 11.9 Å². The summed E-state index contributed by atoms with van der Waals surface area (Å²) in [5.74, 6) is 0.826. The summed E-state index contributed by atoms with van der Waals surface area (Å²) < 4.78 is 0. The van der Waals surface area contributed by atoms with Gasteiger partial charge in [0.25, 0.3) is 0 Å². The molecule has 3 heteroatoms. The van der Waals surface area contributed by atoms with Crippen LogP contribution in [0.2, 0.25) is 0 Å². The first-order valence-corrected chi connectivity index (χ1v) is 5.01. The van der Waals surface area contributed by atoms with Crippen LogP contribution in [0.5, 0.6) is 0 Å². The van der Waals surface area contributed by atoms with Crippen molar-refractivity contribution in [2.45, 2.75) is 33.8 Å². The molecule has 0 saturated carbocycles. The van der Waals surface area contributed by atoms with Crippen LogP contribution in [0.1, 0.15) is 30.2 Å². The zero-order chi connectivity index (χ0) is 10.6. The van der Waals surface area contributed by atoms with Gasteiger partial charge in [0.1, 0.15) is 5.82 Å². The van der Waals surface area contributed by atoms with Gasteiger partial charge < -0.3 is 10.4 Å². The number of pyridine rings is 1. The average molecular weight is 194 g/mol. The van der Waals surface area contributed by atoms with E-state index in [0.717, 1.165) is 35.6 Å². The summed E-state index contributed by atoms with van der Waals surface area (Å²) in [6, 6.07) is 1.99. The van der Waals surface area contributed by atoms with Gasteiger partial charge in [0.2, 0.25) is 0 Å². The molecule has 2 N–H and O–H groups in total. The lowest BCUT2D eigenvalue weighted by atomic mass is 10.1. The molecule has 1 heterocycles. The summed E-state index contributed by atoms with van der Waals surface area (Å²) in [5, 5.41) is 12.4. The van der Waals surface area contributed by atoms with E-state index in [-0.39, 0.29) is 6.61 Å². The van der Waals surface area contributed by atoms with E-state index in [9.17, 15) is 5.11 Å². The van der Waals surface area contributed by atoms with Gasteiger partial charge >= 0.3 is 0 Å². The van der Waals surface area contributed by atoms with E-state index in [2.05, 4.69) is 17.2 Å². The molecule has 3 nitrogen and oxygen atoms in total. The van der Waals surface area contributed by atoms with Gasteiger partial charge in [-0.2, -0.15) is 0 Å². The number of anilines is 1. The highest BCUT2D eigenvalue weighted by Gasteiger charge is 2.06. The number of nitrogens with zero attached hydrogens (tertiary/aromatic N) is 1. The van der Waals surface area contributed by atoms with Crippen molar-refractivity contribution in [3.05, 3.63) is 22.9 Å². The van der Waals surface area contributed by atoms with Gasteiger partial charge in [0.15, 0.2) is 0 Å². The van der Waals surface area contributed by atoms with E-state index in [1.54, 1.807) is 0 Å². The lowest BCUT2D eigenvalue weighted by Crippen LogP contribution is -2.07. The molecule has 1 aromatic rings. The number of aromatic nitrogens is 1. The third-order valence-corrected chi connectivity index (χ3v) is 2.18. The zero-order valence-electron chi connectivity index (χ0n) is 9.09. The minimum Gasteiger partial charge on any atom is -0.392 e. The molecule has 14 heavy (non-hydrogen) atoms. The first kappa shape index (κ1) is 11.0. The Labute approximate surface area is 85.2 Å². The Morgan fingerprint density at radius 1 is 1.43 bits per heavy atom. The molecule has 0 spiro atoms. The minimum atomic E-state index is 0.0468. The van der Waals surface area contributed by atoms with Crippen molar-refractivity contribution >= 4 is 5.82 Å². The summed E-state index contributed by atoms with van der Waals surface area (Å²) in [5.41, 5.74) is 2.99. The molecule has 0 amide bonds. The fraction of sp³-hybridized carbons (Fsp3) is 0.545. The van der Waals surface area contributed by atoms with Crippen LogP contribution in [0.15, 0.2) is 6.07 Å². The van der Waals surface area contributed by atoms with Crippen LogP contribution in [0.3, 0.4) is 0 Å². The van der Waals surface area contributed by atoms with E-state index in [0.29, 0.717) is 0 Å². The second-order valence-corrected chi connectivity index (χ2v) is 3.49. The van der Waals surface area contributed by atoms with E-state index in [1.807, 2.05) is 19.9 Å². The van der Waals surface area contributed by atoms with Gasteiger partial charge in [0, 0.05) is 17.8 Å². The maximum Gasteiger partial charge on any atom is 0.132 e. The van der Waals surface area contributed by atoms with E-state index in [4.69, 9.17) is 0 Å². The highest BCUT2D eigenvalue weighted by Crippen LogP contribution is 2.18. The Morgan fingerprint density at radius 2 is 2.14 bits per heavy atom. The molecule has 0 atom stereocenters. The largest absolute Gasteiger partial charge is 0.392 e. The average Bonchev–Trinajstić information content (AvgIpc) is 2.14. The molecular weight excluding hydrogens is 176 g/mol. The van der Waals surface area contributed by atoms with Crippen LogP contribution in [0.25, 0.3) is 0 Å². The van der Waals surface area contributed by atoms with Crippen molar-refractivity contribution in [3.8, 4) is 0 Å². The van der Waals surface area contributed by atoms with Gasteiger partial charge in [-0.1, -0.05) is 6.92 Å². The maximum absolute atomic E-state index is 9.21. The van der Waals surface area contributed by atoms with Crippen molar-refractivity contribution in [1.82, 2.24) is 4.98 Å². The van der Waals surface area contributed by atoms with Crippen LogP contribution in [-0.2, 0) is 6.61 Å². The summed E-state index contributed by atoms with van der Waals surface area (Å²) in [4.78, 5) is 4.37. The third-order valence-electron chi connectivity index (χ3n) is 2.18. The Bertz CT molecular complexity index is 310. The molecule has 0 aliphatic rings. The fourth-order valence-corrected chi connectivity index (χ4v) is 1.45. The summed E-state index contributed by atoms with van der Waals surface area (Å²) in [7, 11) is 0. The van der Waals surface area contributed by atoms with Crippen LogP contribution in [0, 0.1) is 13.8 Å². The predicted molar refractivity (Wildman–Crippen MR) is 58.4 cm³/mol.